The number of nitrogens with one attached hydrogen (secondary N) is 2. The summed E-state index contributed by atoms with van der Waals surface area (Å²) in [5.74, 6) is 0.861. The van der Waals surface area contributed by atoms with Gasteiger partial charge in [-0.25, -0.2) is 4.98 Å². The number of anilines is 2. The molecule has 0 aliphatic carbocycles. The van der Waals surface area contributed by atoms with Crippen LogP contribution >= 0.6 is 15.9 Å². The van der Waals surface area contributed by atoms with Gasteiger partial charge in [0.05, 0.1) is 30.8 Å². The summed E-state index contributed by atoms with van der Waals surface area (Å²) in [7, 11) is 1.50. The van der Waals surface area contributed by atoms with Crippen molar-refractivity contribution in [2.24, 2.45) is 0 Å². The highest BCUT2D eigenvalue weighted by Crippen LogP contribution is 2.29. The third kappa shape index (κ3) is 2.74. The molecule has 0 spiro atoms. The fraction of sp³-hybridized carbons (Fsp3) is 0.0833. The number of methoxy groups -OCH3 is 1. The van der Waals surface area contributed by atoms with E-state index in [1.165, 1.54) is 13.4 Å². The smallest absolute Gasteiger partial charge is 0.267 e. The Hall–Kier alpha value is -2.33. The molecule has 0 unspecified atom stereocenters. The van der Waals surface area contributed by atoms with Gasteiger partial charge in [-0.1, -0.05) is 0 Å². The zero-order valence-corrected chi connectivity index (χ0v) is 11.5. The van der Waals surface area contributed by atoms with Gasteiger partial charge in [0, 0.05) is 6.07 Å². The van der Waals surface area contributed by atoms with Gasteiger partial charge in [-0.15, -0.1) is 0 Å². The van der Waals surface area contributed by atoms with E-state index < -0.39 is 0 Å². The number of benzene rings is 1. The molecule has 2 N–H and O–H groups in total. The molecule has 7 heteroatoms. The largest absolute Gasteiger partial charge is 0.495 e. The first-order valence-corrected chi connectivity index (χ1v) is 6.03. The summed E-state index contributed by atoms with van der Waals surface area (Å²) in [6.07, 6.45) is 1.30. The molecule has 1 heterocycles. The second kappa shape index (κ2) is 5.54. The van der Waals surface area contributed by atoms with Crippen molar-refractivity contribution in [1.82, 2.24) is 9.97 Å². The predicted molar refractivity (Wildman–Crippen MR) is 73.5 cm³/mol. The van der Waals surface area contributed by atoms with Crippen molar-refractivity contribution in [3.8, 4) is 11.8 Å². The molecule has 0 atom stereocenters. The Kier molecular flexibility index (Phi) is 3.82. The van der Waals surface area contributed by atoms with Crippen LogP contribution in [0.1, 0.15) is 5.56 Å². The first-order chi connectivity index (χ1) is 9.15. The molecule has 1 aromatic heterocycles. The molecule has 96 valence electrons. The number of ether oxygens (including phenoxy) is 1. The van der Waals surface area contributed by atoms with Crippen molar-refractivity contribution in [1.29, 1.82) is 5.26 Å². The molecular formula is C12H9BrN4O2. The van der Waals surface area contributed by atoms with Crippen molar-refractivity contribution in [2.75, 3.05) is 12.4 Å². The molecule has 0 fully saturated rings. The van der Waals surface area contributed by atoms with E-state index in [9.17, 15) is 4.79 Å². The summed E-state index contributed by atoms with van der Waals surface area (Å²) in [6.45, 7) is 0. The quantitative estimate of drug-likeness (QED) is 0.904. The zero-order chi connectivity index (χ0) is 13.8. The highest BCUT2D eigenvalue weighted by molar-refractivity contribution is 9.10. The van der Waals surface area contributed by atoms with E-state index >= 15 is 0 Å². The minimum atomic E-state index is -0.287. The molecule has 0 saturated carbocycles. The first-order valence-electron chi connectivity index (χ1n) is 5.24. The lowest BCUT2D eigenvalue weighted by Gasteiger charge is -2.11. The van der Waals surface area contributed by atoms with Gasteiger partial charge in [0.2, 0.25) is 0 Å². The van der Waals surface area contributed by atoms with Crippen LogP contribution in [-0.2, 0) is 0 Å². The van der Waals surface area contributed by atoms with Crippen LogP contribution in [0.15, 0.2) is 33.8 Å². The Morgan fingerprint density at radius 3 is 3.00 bits per heavy atom. The molecular weight excluding hydrogens is 312 g/mol. The van der Waals surface area contributed by atoms with Crippen LogP contribution in [0, 0.1) is 11.3 Å². The summed E-state index contributed by atoms with van der Waals surface area (Å²) in [6, 6.07) is 6.96. The number of hydrogen-bond donors (Lipinski definition) is 2. The van der Waals surface area contributed by atoms with Crippen molar-refractivity contribution in [3.63, 3.8) is 0 Å². The summed E-state index contributed by atoms with van der Waals surface area (Å²) < 4.78 is 5.48. The standard InChI is InChI=1S/C12H9BrN4O2/c1-19-9-4-7(5-14)2-3-8(9)17-11-10(13)12(18)16-6-15-11/h2-4,6H,1H3,(H2,15,16,17,18). The van der Waals surface area contributed by atoms with Crippen LogP contribution in [0.2, 0.25) is 0 Å². The van der Waals surface area contributed by atoms with Crippen LogP contribution in [0.5, 0.6) is 5.75 Å². The number of hydrogen-bond acceptors (Lipinski definition) is 5. The molecule has 2 aromatic rings. The lowest BCUT2D eigenvalue weighted by Crippen LogP contribution is -2.10. The fourth-order valence-corrected chi connectivity index (χ4v) is 1.78. The molecule has 0 radical (unpaired) electrons. The Balaban J connectivity index is 2.41. The molecule has 6 nitrogen and oxygen atoms in total. The lowest BCUT2D eigenvalue weighted by atomic mass is 10.2. The molecule has 0 saturated heterocycles. The minimum Gasteiger partial charge on any atom is -0.495 e. The van der Waals surface area contributed by atoms with E-state index in [1.807, 2.05) is 6.07 Å². The van der Waals surface area contributed by atoms with E-state index in [4.69, 9.17) is 10.00 Å². The maximum atomic E-state index is 11.4. The number of nitrogens with zero attached hydrogens (tertiary/aromatic N) is 2. The predicted octanol–water partition coefficient (Wildman–Crippen LogP) is 2.16. The van der Waals surface area contributed by atoms with Crippen LogP contribution < -0.4 is 15.6 Å². The number of H-pyrrole nitrogens is 1. The summed E-state index contributed by atoms with van der Waals surface area (Å²) >= 11 is 3.15. The van der Waals surface area contributed by atoms with E-state index in [2.05, 4.69) is 31.2 Å². The maximum Gasteiger partial charge on any atom is 0.267 e. The molecule has 0 aliphatic rings. The molecule has 0 aliphatic heterocycles. The minimum absolute atomic E-state index is 0.287. The van der Waals surface area contributed by atoms with Gasteiger partial charge in [0.25, 0.3) is 5.56 Å². The van der Waals surface area contributed by atoms with Crippen molar-refractivity contribution in [3.05, 3.63) is 44.9 Å². The van der Waals surface area contributed by atoms with Crippen LogP contribution in [0.25, 0.3) is 0 Å². The van der Waals surface area contributed by atoms with Crippen LogP contribution in [0.3, 0.4) is 0 Å². The lowest BCUT2D eigenvalue weighted by molar-refractivity contribution is 0.416. The highest BCUT2D eigenvalue weighted by Gasteiger charge is 2.09. The van der Waals surface area contributed by atoms with Gasteiger partial charge in [-0.2, -0.15) is 5.26 Å². The molecule has 19 heavy (non-hydrogen) atoms. The number of rotatable bonds is 3. The second-order valence-corrected chi connectivity index (χ2v) is 4.34. The van der Waals surface area contributed by atoms with Crippen molar-refractivity contribution >= 4 is 27.4 Å². The van der Waals surface area contributed by atoms with Gasteiger partial charge < -0.3 is 15.0 Å². The van der Waals surface area contributed by atoms with Gasteiger partial charge in [-0.3, -0.25) is 4.79 Å². The van der Waals surface area contributed by atoms with E-state index in [0.29, 0.717) is 27.3 Å². The Morgan fingerprint density at radius 2 is 2.32 bits per heavy atom. The highest BCUT2D eigenvalue weighted by atomic mass is 79.9. The fourth-order valence-electron chi connectivity index (χ4n) is 1.46. The first kappa shape index (κ1) is 13.1. The van der Waals surface area contributed by atoms with Gasteiger partial charge in [0.1, 0.15) is 10.2 Å². The third-order valence-electron chi connectivity index (χ3n) is 2.38. The third-order valence-corrected chi connectivity index (χ3v) is 3.12. The van der Waals surface area contributed by atoms with E-state index in [-0.39, 0.29) is 5.56 Å². The van der Waals surface area contributed by atoms with Crippen LogP contribution in [-0.4, -0.2) is 17.1 Å². The van der Waals surface area contributed by atoms with Gasteiger partial charge in [-0.05, 0) is 28.1 Å². The summed E-state index contributed by atoms with van der Waals surface area (Å²) in [5, 5.41) is 11.8. The van der Waals surface area contributed by atoms with Gasteiger partial charge in [0.15, 0.2) is 5.82 Å². The molecule has 2 rings (SSSR count). The summed E-state index contributed by atoms with van der Waals surface area (Å²) in [5.41, 5.74) is 0.811. The number of nitriles is 1. The monoisotopic (exact) mass is 320 g/mol. The van der Waals surface area contributed by atoms with Crippen molar-refractivity contribution in [2.45, 2.75) is 0 Å². The average molecular weight is 321 g/mol. The number of aromatic amines is 1. The Labute approximate surface area is 117 Å². The average Bonchev–Trinajstić information content (AvgIpc) is 2.44. The number of aromatic nitrogens is 2. The number of halogens is 1. The summed E-state index contributed by atoms with van der Waals surface area (Å²) in [4.78, 5) is 17.9. The molecule has 0 amide bonds. The Bertz CT molecular complexity index is 706. The molecule has 0 bridgehead atoms. The molecule has 1 aromatic carbocycles. The van der Waals surface area contributed by atoms with Crippen molar-refractivity contribution < 1.29 is 4.74 Å². The van der Waals surface area contributed by atoms with E-state index in [0.717, 1.165) is 0 Å². The topological polar surface area (TPSA) is 90.8 Å². The SMILES string of the molecule is COc1cc(C#N)ccc1Nc1nc[nH]c(=O)c1Br. The normalized spacial score (nSPS) is 9.74. The second-order valence-electron chi connectivity index (χ2n) is 3.55. The maximum absolute atomic E-state index is 11.4. The van der Waals surface area contributed by atoms with Gasteiger partial charge >= 0.3 is 0 Å². The van der Waals surface area contributed by atoms with E-state index in [1.54, 1.807) is 18.2 Å². The Morgan fingerprint density at radius 1 is 1.53 bits per heavy atom. The van der Waals surface area contributed by atoms with Crippen LogP contribution in [0.4, 0.5) is 11.5 Å². The zero-order valence-electron chi connectivity index (χ0n) is 9.90.